The summed E-state index contributed by atoms with van der Waals surface area (Å²) in [5.41, 5.74) is 1.13. The second kappa shape index (κ2) is 6.10. The molecule has 5 nitrogen and oxygen atoms in total. The van der Waals surface area contributed by atoms with E-state index in [0.717, 1.165) is 5.56 Å². The standard InChI is InChI=1S/C15H15ClN4O/c16-12-7-17-15(18-8-12)19-13-6-14(21)20(10-13)9-11-4-2-1-3-5-11/h1-5,7-8,13H,6,9-10H2,(H,17,18,19)/t13-/m0/s1. The molecule has 3 rings (SSSR count). The Balaban J connectivity index is 1.60. The molecule has 2 aromatic rings. The maximum absolute atomic E-state index is 12.1. The Morgan fingerprint density at radius 2 is 1.95 bits per heavy atom. The maximum atomic E-state index is 12.1. The summed E-state index contributed by atoms with van der Waals surface area (Å²) < 4.78 is 0. The molecule has 21 heavy (non-hydrogen) atoms. The SMILES string of the molecule is O=C1C[C@H](Nc2ncc(Cl)cn2)CN1Cc1ccccc1. The molecule has 1 fully saturated rings. The maximum Gasteiger partial charge on any atom is 0.225 e. The van der Waals surface area contributed by atoms with E-state index in [1.807, 2.05) is 35.2 Å². The normalized spacial score (nSPS) is 18.0. The van der Waals surface area contributed by atoms with Crippen molar-refractivity contribution in [2.45, 2.75) is 19.0 Å². The lowest BCUT2D eigenvalue weighted by Gasteiger charge is -2.17. The summed E-state index contributed by atoms with van der Waals surface area (Å²) >= 11 is 5.75. The third-order valence-corrected chi connectivity index (χ3v) is 3.58. The van der Waals surface area contributed by atoms with Gasteiger partial charge in [0.25, 0.3) is 0 Å². The number of aromatic nitrogens is 2. The molecule has 108 valence electrons. The Kier molecular flexibility index (Phi) is 4.01. The van der Waals surface area contributed by atoms with Crippen molar-refractivity contribution in [1.29, 1.82) is 0 Å². The van der Waals surface area contributed by atoms with Crippen LogP contribution in [-0.2, 0) is 11.3 Å². The molecular formula is C15H15ClN4O. The summed E-state index contributed by atoms with van der Waals surface area (Å²) in [6, 6.07) is 10.0. The van der Waals surface area contributed by atoms with Crippen LogP contribution in [0, 0.1) is 0 Å². The number of hydrogen-bond acceptors (Lipinski definition) is 4. The second-order valence-corrected chi connectivity index (χ2v) is 5.47. The van der Waals surface area contributed by atoms with E-state index in [2.05, 4.69) is 15.3 Å². The summed E-state index contributed by atoms with van der Waals surface area (Å²) in [6.45, 7) is 1.29. The topological polar surface area (TPSA) is 58.1 Å². The monoisotopic (exact) mass is 302 g/mol. The number of anilines is 1. The lowest BCUT2D eigenvalue weighted by Crippen LogP contribution is -2.28. The van der Waals surface area contributed by atoms with Gasteiger partial charge in [-0.2, -0.15) is 0 Å². The van der Waals surface area contributed by atoms with E-state index in [9.17, 15) is 4.79 Å². The number of benzene rings is 1. The van der Waals surface area contributed by atoms with Crippen molar-refractivity contribution in [3.63, 3.8) is 0 Å². The van der Waals surface area contributed by atoms with Crippen molar-refractivity contribution in [2.75, 3.05) is 11.9 Å². The van der Waals surface area contributed by atoms with Crippen LogP contribution in [0.3, 0.4) is 0 Å². The molecule has 1 aliphatic heterocycles. The van der Waals surface area contributed by atoms with E-state index < -0.39 is 0 Å². The molecule has 0 aliphatic carbocycles. The van der Waals surface area contributed by atoms with Crippen LogP contribution in [0.5, 0.6) is 0 Å². The van der Waals surface area contributed by atoms with Crippen LogP contribution in [0.4, 0.5) is 5.95 Å². The van der Waals surface area contributed by atoms with Crippen molar-refractivity contribution in [1.82, 2.24) is 14.9 Å². The van der Waals surface area contributed by atoms with Gasteiger partial charge < -0.3 is 10.2 Å². The molecule has 6 heteroatoms. The van der Waals surface area contributed by atoms with Crippen molar-refractivity contribution in [3.8, 4) is 0 Å². The highest BCUT2D eigenvalue weighted by molar-refractivity contribution is 6.30. The predicted octanol–water partition coefficient (Wildman–Crippen LogP) is 2.34. The van der Waals surface area contributed by atoms with Crippen LogP contribution in [0.25, 0.3) is 0 Å². The van der Waals surface area contributed by atoms with E-state index in [-0.39, 0.29) is 11.9 Å². The van der Waals surface area contributed by atoms with Gasteiger partial charge in [-0.05, 0) is 5.56 Å². The number of hydrogen-bond donors (Lipinski definition) is 1. The lowest BCUT2D eigenvalue weighted by molar-refractivity contribution is -0.128. The van der Waals surface area contributed by atoms with Crippen LogP contribution >= 0.6 is 11.6 Å². The van der Waals surface area contributed by atoms with Crippen molar-refractivity contribution in [3.05, 3.63) is 53.3 Å². The molecule has 1 aliphatic rings. The van der Waals surface area contributed by atoms with Gasteiger partial charge in [0.05, 0.1) is 23.5 Å². The average Bonchev–Trinajstić information content (AvgIpc) is 2.82. The number of halogens is 1. The van der Waals surface area contributed by atoms with Gasteiger partial charge in [0, 0.05) is 19.5 Å². The largest absolute Gasteiger partial charge is 0.349 e. The highest BCUT2D eigenvalue weighted by Gasteiger charge is 2.29. The van der Waals surface area contributed by atoms with Gasteiger partial charge in [0.1, 0.15) is 0 Å². The fourth-order valence-corrected chi connectivity index (χ4v) is 2.49. The summed E-state index contributed by atoms with van der Waals surface area (Å²) in [7, 11) is 0. The molecular weight excluding hydrogens is 288 g/mol. The molecule has 1 aromatic heterocycles. The van der Waals surface area contributed by atoms with Crippen LogP contribution in [0.15, 0.2) is 42.7 Å². The van der Waals surface area contributed by atoms with Crippen molar-refractivity contribution in [2.24, 2.45) is 0 Å². The molecule has 0 unspecified atom stereocenters. The Labute approximate surface area is 128 Å². The number of rotatable bonds is 4. The first kappa shape index (κ1) is 13.8. The number of likely N-dealkylation sites (tertiary alicyclic amines) is 1. The van der Waals surface area contributed by atoms with Gasteiger partial charge in [-0.3, -0.25) is 4.79 Å². The number of carbonyl (C=O) groups is 1. The lowest BCUT2D eigenvalue weighted by atomic mass is 10.2. The Hall–Kier alpha value is -2.14. The highest BCUT2D eigenvalue weighted by atomic mass is 35.5. The van der Waals surface area contributed by atoms with Gasteiger partial charge in [0.2, 0.25) is 11.9 Å². The third kappa shape index (κ3) is 3.49. The van der Waals surface area contributed by atoms with Crippen LogP contribution in [-0.4, -0.2) is 33.4 Å². The van der Waals surface area contributed by atoms with E-state index in [1.165, 1.54) is 12.4 Å². The van der Waals surface area contributed by atoms with E-state index in [1.54, 1.807) is 0 Å². The quantitative estimate of drug-likeness (QED) is 0.942. The Morgan fingerprint density at radius 3 is 2.67 bits per heavy atom. The zero-order valence-electron chi connectivity index (χ0n) is 11.4. The second-order valence-electron chi connectivity index (χ2n) is 5.03. The number of amides is 1. The molecule has 0 bridgehead atoms. The van der Waals surface area contributed by atoms with Gasteiger partial charge in [-0.1, -0.05) is 41.9 Å². The molecule has 1 N–H and O–H groups in total. The van der Waals surface area contributed by atoms with Crippen LogP contribution in [0.1, 0.15) is 12.0 Å². The number of nitrogens with zero attached hydrogens (tertiary/aromatic N) is 3. The fraction of sp³-hybridized carbons (Fsp3) is 0.267. The molecule has 1 aromatic carbocycles. The van der Waals surface area contributed by atoms with E-state index in [4.69, 9.17) is 11.6 Å². The fourth-order valence-electron chi connectivity index (χ4n) is 2.39. The molecule has 1 saturated heterocycles. The minimum absolute atomic E-state index is 0.0300. The summed E-state index contributed by atoms with van der Waals surface area (Å²) in [4.78, 5) is 22.1. The van der Waals surface area contributed by atoms with Gasteiger partial charge in [0.15, 0.2) is 0 Å². The van der Waals surface area contributed by atoms with Gasteiger partial charge in [-0.15, -0.1) is 0 Å². The first-order valence-electron chi connectivity index (χ1n) is 6.76. The third-order valence-electron chi connectivity index (χ3n) is 3.38. The average molecular weight is 303 g/mol. The summed E-state index contributed by atoms with van der Waals surface area (Å²) in [5, 5.41) is 3.67. The molecule has 0 spiro atoms. The molecule has 0 radical (unpaired) electrons. The minimum atomic E-state index is 0.0300. The van der Waals surface area contributed by atoms with E-state index in [0.29, 0.717) is 30.5 Å². The van der Waals surface area contributed by atoms with Gasteiger partial charge >= 0.3 is 0 Å². The zero-order valence-corrected chi connectivity index (χ0v) is 12.1. The summed E-state index contributed by atoms with van der Waals surface area (Å²) in [6.07, 6.45) is 3.53. The summed E-state index contributed by atoms with van der Waals surface area (Å²) in [5.74, 6) is 0.643. The number of nitrogens with one attached hydrogen (secondary N) is 1. The zero-order chi connectivity index (χ0) is 14.7. The minimum Gasteiger partial charge on any atom is -0.349 e. The molecule has 0 saturated carbocycles. The van der Waals surface area contributed by atoms with E-state index >= 15 is 0 Å². The van der Waals surface area contributed by atoms with Crippen molar-refractivity contribution < 1.29 is 4.79 Å². The molecule has 2 heterocycles. The highest BCUT2D eigenvalue weighted by Crippen LogP contribution is 2.17. The Morgan fingerprint density at radius 1 is 1.24 bits per heavy atom. The Bertz CT molecular complexity index is 617. The van der Waals surface area contributed by atoms with Gasteiger partial charge in [-0.25, -0.2) is 9.97 Å². The van der Waals surface area contributed by atoms with Crippen LogP contribution < -0.4 is 5.32 Å². The predicted molar refractivity (Wildman–Crippen MR) is 80.9 cm³/mol. The first-order chi connectivity index (χ1) is 10.2. The van der Waals surface area contributed by atoms with Crippen molar-refractivity contribution >= 4 is 23.5 Å². The smallest absolute Gasteiger partial charge is 0.225 e. The molecule has 1 amide bonds. The van der Waals surface area contributed by atoms with Crippen LogP contribution in [0.2, 0.25) is 5.02 Å². The number of carbonyl (C=O) groups excluding carboxylic acids is 1. The molecule has 1 atom stereocenters. The first-order valence-corrected chi connectivity index (χ1v) is 7.14.